The molecule has 1 atom stereocenters. The van der Waals surface area contributed by atoms with E-state index in [1.807, 2.05) is 0 Å². The summed E-state index contributed by atoms with van der Waals surface area (Å²) in [7, 11) is 0. The number of benzene rings is 1. The second-order valence-corrected chi connectivity index (χ2v) is 3.33. The third kappa shape index (κ3) is 1.66. The number of hydrogen-bond donors (Lipinski definition) is 0. The summed E-state index contributed by atoms with van der Waals surface area (Å²) in [4.78, 5) is 10.6. The Balaban J connectivity index is 2.44. The van der Waals surface area contributed by atoms with Crippen molar-refractivity contribution in [3.8, 4) is 0 Å². The van der Waals surface area contributed by atoms with Crippen molar-refractivity contribution in [1.82, 2.24) is 5.01 Å². The van der Waals surface area contributed by atoms with Crippen LogP contribution in [0.5, 0.6) is 0 Å². The van der Waals surface area contributed by atoms with Gasteiger partial charge in [0.2, 0.25) is 6.41 Å². The molecule has 2 rings (SSSR count). The molecule has 1 aliphatic heterocycles. The summed E-state index contributed by atoms with van der Waals surface area (Å²) in [6, 6.07) is 0.552. The van der Waals surface area contributed by atoms with Gasteiger partial charge in [0.25, 0.3) is 0 Å². The van der Waals surface area contributed by atoms with Gasteiger partial charge in [0.1, 0.15) is 5.82 Å². The molecule has 84 valence electrons. The summed E-state index contributed by atoms with van der Waals surface area (Å²) < 4.78 is 39.3. The van der Waals surface area contributed by atoms with Crippen LogP contribution in [0.3, 0.4) is 0 Å². The molecule has 3 nitrogen and oxygen atoms in total. The third-order valence-electron chi connectivity index (χ3n) is 2.35. The van der Waals surface area contributed by atoms with E-state index in [2.05, 4.69) is 5.10 Å². The Bertz CT molecular complexity index is 462. The van der Waals surface area contributed by atoms with Crippen LogP contribution in [0.2, 0.25) is 0 Å². The summed E-state index contributed by atoms with van der Waals surface area (Å²) in [5.74, 6) is -3.30. The van der Waals surface area contributed by atoms with Crippen LogP contribution in [0.15, 0.2) is 17.2 Å². The highest BCUT2D eigenvalue weighted by atomic mass is 19.2. The van der Waals surface area contributed by atoms with E-state index >= 15 is 0 Å². The monoisotopic (exact) mass is 228 g/mol. The molecule has 0 radical (unpaired) electrons. The van der Waals surface area contributed by atoms with Gasteiger partial charge in [-0.1, -0.05) is 0 Å². The average molecular weight is 228 g/mol. The molecular weight excluding hydrogens is 221 g/mol. The van der Waals surface area contributed by atoms with Crippen LogP contribution in [0, 0.1) is 17.5 Å². The van der Waals surface area contributed by atoms with E-state index in [0.29, 0.717) is 12.5 Å². The fourth-order valence-electron chi connectivity index (χ4n) is 1.62. The van der Waals surface area contributed by atoms with Crippen molar-refractivity contribution in [2.24, 2.45) is 5.10 Å². The first-order chi connectivity index (χ1) is 7.63. The lowest BCUT2D eigenvalue weighted by Gasteiger charge is -2.18. The molecule has 1 unspecified atom stereocenters. The SMILES string of the molecule is O=CN1N=CCC1c1cc(F)cc(F)c1F. The zero-order valence-corrected chi connectivity index (χ0v) is 8.03. The van der Waals surface area contributed by atoms with Crippen molar-refractivity contribution in [1.29, 1.82) is 0 Å². The van der Waals surface area contributed by atoms with Gasteiger partial charge >= 0.3 is 0 Å². The Hall–Kier alpha value is -1.85. The molecule has 1 aliphatic rings. The molecule has 0 aromatic heterocycles. The number of carbonyl (C=O) groups is 1. The molecule has 6 heteroatoms. The molecule has 0 saturated heterocycles. The number of nitrogens with zero attached hydrogens (tertiary/aromatic N) is 2. The molecule has 1 amide bonds. The summed E-state index contributed by atoms with van der Waals surface area (Å²) >= 11 is 0. The largest absolute Gasteiger partial charge is 0.277 e. The maximum Gasteiger partial charge on any atom is 0.230 e. The van der Waals surface area contributed by atoms with E-state index in [-0.39, 0.29) is 12.0 Å². The number of carbonyl (C=O) groups excluding carboxylic acids is 1. The van der Waals surface area contributed by atoms with Crippen molar-refractivity contribution in [2.45, 2.75) is 12.5 Å². The first-order valence-corrected chi connectivity index (χ1v) is 4.54. The van der Waals surface area contributed by atoms with E-state index < -0.39 is 23.5 Å². The molecule has 1 aromatic carbocycles. The minimum Gasteiger partial charge on any atom is -0.277 e. The van der Waals surface area contributed by atoms with Gasteiger partial charge in [-0.05, 0) is 6.07 Å². The normalized spacial score (nSPS) is 19.2. The van der Waals surface area contributed by atoms with Crippen molar-refractivity contribution >= 4 is 12.6 Å². The quantitative estimate of drug-likeness (QED) is 0.562. The Labute approximate surface area is 89.2 Å². The molecule has 0 spiro atoms. The fraction of sp³-hybridized carbons (Fsp3) is 0.200. The highest BCUT2D eigenvalue weighted by molar-refractivity contribution is 5.65. The van der Waals surface area contributed by atoms with Crippen molar-refractivity contribution < 1.29 is 18.0 Å². The van der Waals surface area contributed by atoms with Gasteiger partial charge in [-0.3, -0.25) is 4.79 Å². The van der Waals surface area contributed by atoms with E-state index in [4.69, 9.17) is 0 Å². The van der Waals surface area contributed by atoms with Crippen LogP contribution in [0.1, 0.15) is 18.0 Å². The molecule has 0 aliphatic carbocycles. The van der Waals surface area contributed by atoms with Crippen molar-refractivity contribution in [3.63, 3.8) is 0 Å². The predicted octanol–water partition coefficient (Wildman–Crippen LogP) is 1.99. The molecule has 1 aromatic rings. The third-order valence-corrected chi connectivity index (χ3v) is 2.35. The lowest BCUT2D eigenvalue weighted by atomic mass is 10.0. The average Bonchev–Trinajstić information content (AvgIpc) is 2.71. The molecule has 0 N–H and O–H groups in total. The standard InChI is InChI=1S/C10H7F3N2O/c11-6-3-7(10(13)8(12)4-6)9-1-2-14-15(9)5-16/h2-5,9H,1H2. The van der Waals surface area contributed by atoms with Gasteiger partial charge in [0, 0.05) is 24.3 Å². The van der Waals surface area contributed by atoms with Crippen LogP contribution in [0.4, 0.5) is 13.2 Å². The number of halogens is 3. The van der Waals surface area contributed by atoms with E-state index in [1.165, 1.54) is 6.21 Å². The Kier molecular flexibility index (Phi) is 2.64. The maximum absolute atomic E-state index is 13.4. The summed E-state index contributed by atoms with van der Waals surface area (Å²) in [6.07, 6.45) is 2.01. The van der Waals surface area contributed by atoms with Crippen LogP contribution >= 0.6 is 0 Å². The van der Waals surface area contributed by atoms with Crippen LogP contribution in [-0.4, -0.2) is 17.6 Å². The molecular formula is C10H7F3N2O. The molecule has 0 saturated carbocycles. The zero-order chi connectivity index (χ0) is 11.7. The minimum absolute atomic E-state index is 0.206. The Morgan fingerprint density at radius 3 is 2.81 bits per heavy atom. The van der Waals surface area contributed by atoms with Gasteiger partial charge in [-0.15, -0.1) is 0 Å². The van der Waals surface area contributed by atoms with Gasteiger partial charge in [0.15, 0.2) is 11.6 Å². The first-order valence-electron chi connectivity index (χ1n) is 4.54. The predicted molar refractivity (Wildman–Crippen MR) is 50.1 cm³/mol. The van der Waals surface area contributed by atoms with Gasteiger partial charge < -0.3 is 0 Å². The molecule has 1 heterocycles. The van der Waals surface area contributed by atoms with Gasteiger partial charge in [0.05, 0.1) is 6.04 Å². The summed E-state index contributed by atoms with van der Waals surface area (Å²) in [6.45, 7) is 0. The summed E-state index contributed by atoms with van der Waals surface area (Å²) in [5, 5.41) is 4.57. The fourth-order valence-corrected chi connectivity index (χ4v) is 1.62. The molecule has 0 fully saturated rings. The Morgan fingerprint density at radius 2 is 2.12 bits per heavy atom. The Morgan fingerprint density at radius 1 is 1.38 bits per heavy atom. The highest BCUT2D eigenvalue weighted by Crippen LogP contribution is 2.30. The van der Waals surface area contributed by atoms with E-state index in [9.17, 15) is 18.0 Å². The smallest absolute Gasteiger partial charge is 0.230 e. The van der Waals surface area contributed by atoms with Crippen LogP contribution in [-0.2, 0) is 4.79 Å². The lowest BCUT2D eigenvalue weighted by molar-refractivity contribution is -0.119. The van der Waals surface area contributed by atoms with E-state index in [0.717, 1.165) is 11.1 Å². The number of rotatable bonds is 2. The number of hydrazone groups is 1. The highest BCUT2D eigenvalue weighted by Gasteiger charge is 2.27. The van der Waals surface area contributed by atoms with Crippen LogP contribution < -0.4 is 0 Å². The van der Waals surface area contributed by atoms with Crippen molar-refractivity contribution in [2.75, 3.05) is 0 Å². The van der Waals surface area contributed by atoms with Gasteiger partial charge in [-0.25, -0.2) is 18.2 Å². The lowest BCUT2D eigenvalue weighted by Crippen LogP contribution is -2.19. The molecule has 0 bridgehead atoms. The topological polar surface area (TPSA) is 32.7 Å². The first kappa shape index (κ1) is 10.7. The second kappa shape index (κ2) is 3.96. The summed E-state index contributed by atoms with van der Waals surface area (Å²) in [5.41, 5.74) is -0.206. The van der Waals surface area contributed by atoms with Gasteiger partial charge in [-0.2, -0.15) is 5.10 Å². The maximum atomic E-state index is 13.4. The number of amides is 1. The molecule has 16 heavy (non-hydrogen) atoms. The van der Waals surface area contributed by atoms with E-state index in [1.54, 1.807) is 0 Å². The zero-order valence-electron chi connectivity index (χ0n) is 8.03. The van der Waals surface area contributed by atoms with Crippen LogP contribution in [0.25, 0.3) is 0 Å². The van der Waals surface area contributed by atoms with Crippen molar-refractivity contribution in [3.05, 3.63) is 35.1 Å². The minimum atomic E-state index is -1.27. The second-order valence-electron chi connectivity index (χ2n) is 3.33. The number of hydrogen-bond acceptors (Lipinski definition) is 2.